The molecule has 0 saturated heterocycles. The molecule has 2 rings (SSSR count). The Morgan fingerprint density at radius 3 is 2.83 bits per heavy atom. The summed E-state index contributed by atoms with van der Waals surface area (Å²) in [5.74, 6) is 0. The first-order chi connectivity index (χ1) is 8.85. The number of carbonyl (C=O) groups excluding carboxylic acids is 1. The molecule has 2 aromatic rings. The van der Waals surface area contributed by atoms with E-state index in [-0.39, 0.29) is 0 Å². The molecule has 94 valence electrons. The predicted octanol–water partition coefficient (Wildman–Crippen LogP) is 2.20. The highest BCUT2D eigenvalue weighted by Gasteiger charge is 2.01. The third-order valence-electron chi connectivity index (χ3n) is 2.99. The lowest BCUT2D eigenvalue weighted by atomic mass is 10.0. The number of benzene rings is 2. The van der Waals surface area contributed by atoms with E-state index in [0.717, 1.165) is 25.1 Å². The fourth-order valence-corrected chi connectivity index (χ4v) is 2.09. The van der Waals surface area contributed by atoms with Gasteiger partial charge >= 0.3 is 0 Å². The van der Waals surface area contributed by atoms with Gasteiger partial charge in [-0.3, -0.25) is 4.79 Å². The van der Waals surface area contributed by atoms with E-state index in [0.29, 0.717) is 6.54 Å². The molecule has 1 amide bonds. The van der Waals surface area contributed by atoms with E-state index in [1.54, 1.807) is 0 Å². The van der Waals surface area contributed by atoms with Crippen LogP contribution in [-0.2, 0) is 17.9 Å². The molecule has 2 aromatic carbocycles. The average Bonchev–Trinajstić information content (AvgIpc) is 2.42. The average molecular weight is 242 g/mol. The second kappa shape index (κ2) is 6.17. The Morgan fingerprint density at radius 1 is 1.17 bits per heavy atom. The molecule has 0 bridgehead atoms. The number of nitrogens with one attached hydrogen (secondary N) is 2. The van der Waals surface area contributed by atoms with Crippen LogP contribution in [0.3, 0.4) is 0 Å². The summed E-state index contributed by atoms with van der Waals surface area (Å²) in [4.78, 5) is 10.4. The lowest BCUT2D eigenvalue weighted by Crippen LogP contribution is -2.12. The minimum Gasteiger partial charge on any atom is -0.355 e. The lowest BCUT2D eigenvalue weighted by molar-refractivity contribution is -0.109. The molecule has 0 aliphatic carbocycles. The third-order valence-corrected chi connectivity index (χ3v) is 2.99. The Kier molecular flexibility index (Phi) is 4.31. The topological polar surface area (TPSA) is 41.1 Å². The van der Waals surface area contributed by atoms with Gasteiger partial charge in [-0.25, -0.2) is 0 Å². The smallest absolute Gasteiger partial charge is 0.207 e. The van der Waals surface area contributed by atoms with Crippen molar-refractivity contribution >= 4 is 17.2 Å². The first-order valence-electron chi connectivity index (χ1n) is 6.23. The molecular formula is C15H18N2O. The Morgan fingerprint density at radius 2 is 2.06 bits per heavy atom. The van der Waals surface area contributed by atoms with Gasteiger partial charge in [-0.2, -0.15) is 0 Å². The number of fused-ring (bicyclic) bond motifs is 1. The lowest BCUT2D eigenvalue weighted by Gasteiger charge is -2.08. The minimum absolute atomic E-state index is 0.577. The van der Waals surface area contributed by atoms with E-state index in [4.69, 9.17) is 0 Å². The van der Waals surface area contributed by atoms with Crippen LogP contribution in [0.4, 0.5) is 0 Å². The molecule has 18 heavy (non-hydrogen) atoms. The molecule has 3 heteroatoms. The largest absolute Gasteiger partial charge is 0.355 e. The molecule has 0 radical (unpaired) electrons. The van der Waals surface area contributed by atoms with Crippen LogP contribution in [0.2, 0.25) is 0 Å². The molecular weight excluding hydrogens is 224 g/mol. The summed E-state index contributed by atoms with van der Waals surface area (Å²) >= 11 is 0. The molecule has 0 aliphatic heterocycles. The van der Waals surface area contributed by atoms with E-state index < -0.39 is 0 Å². The second-order valence-electron chi connectivity index (χ2n) is 4.25. The zero-order valence-electron chi connectivity index (χ0n) is 10.6. The highest BCUT2D eigenvalue weighted by molar-refractivity contribution is 5.86. The molecule has 0 aromatic heterocycles. The van der Waals surface area contributed by atoms with Crippen LogP contribution in [0.5, 0.6) is 0 Å². The maximum atomic E-state index is 10.4. The van der Waals surface area contributed by atoms with Crippen molar-refractivity contribution in [2.45, 2.75) is 20.0 Å². The Bertz CT molecular complexity index is 537. The Balaban J connectivity index is 2.30. The van der Waals surface area contributed by atoms with Gasteiger partial charge in [0.1, 0.15) is 0 Å². The molecule has 3 nitrogen and oxygen atoms in total. The highest BCUT2D eigenvalue weighted by Crippen LogP contribution is 2.20. The van der Waals surface area contributed by atoms with Crippen molar-refractivity contribution in [2.24, 2.45) is 0 Å². The zero-order valence-corrected chi connectivity index (χ0v) is 10.6. The number of hydrogen-bond acceptors (Lipinski definition) is 2. The van der Waals surface area contributed by atoms with Crippen LogP contribution in [0, 0.1) is 0 Å². The fraction of sp³-hybridized carbons (Fsp3) is 0.267. The molecule has 0 saturated carbocycles. The zero-order chi connectivity index (χ0) is 12.8. The summed E-state index contributed by atoms with van der Waals surface area (Å²) in [6.07, 6.45) is 0.734. The summed E-state index contributed by atoms with van der Waals surface area (Å²) in [5.41, 5.74) is 2.43. The molecule has 0 fully saturated rings. The maximum absolute atomic E-state index is 10.4. The number of carbonyl (C=O) groups is 1. The summed E-state index contributed by atoms with van der Waals surface area (Å²) in [6.45, 7) is 4.54. The van der Waals surface area contributed by atoms with Crippen molar-refractivity contribution in [3.05, 3.63) is 47.5 Å². The van der Waals surface area contributed by atoms with Gasteiger partial charge in [-0.15, -0.1) is 0 Å². The standard InChI is InChI=1S/C15H18N2O/c1-2-16-9-12-6-7-15-13(8-12)4-3-5-14(15)10-17-11-18/h3-8,11,16H,2,9-10H2,1H3,(H,17,18). The minimum atomic E-state index is 0.577. The van der Waals surface area contributed by atoms with Crippen LogP contribution in [0.25, 0.3) is 10.8 Å². The normalized spacial score (nSPS) is 10.5. The number of amides is 1. The van der Waals surface area contributed by atoms with E-state index in [2.05, 4.69) is 41.8 Å². The van der Waals surface area contributed by atoms with Gasteiger partial charge in [0, 0.05) is 13.1 Å². The predicted molar refractivity (Wildman–Crippen MR) is 74.2 cm³/mol. The molecule has 0 unspecified atom stereocenters. The van der Waals surface area contributed by atoms with Gasteiger partial charge in [0.25, 0.3) is 0 Å². The first kappa shape index (κ1) is 12.6. The molecule has 0 heterocycles. The molecule has 0 aliphatic rings. The van der Waals surface area contributed by atoms with Gasteiger partial charge in [-0.05, 0) is 34.5 Å². The van der Waals surface area contributed by atoms with Crippen LogP contribution in [-0.4, -0.2) is 13.0 Å². The SMILES string of the molecule is CCNCc1ccc2c(CNC=O)cccc2c1. The summed E-state index contributed by atoms with van der Waals surface area (Å²) < 4.78 is 0. The van der Waals surface area contributed by atoms with E-state index in [9.17, 15) is 4.79 Å². The summed E-state index contributed by atoms with van der Waals surface area (Å²) in [5, 5.41) is 8.45. The maximum Gasteiger partial charge on any atom is 0.207 e. The first-order valence-corrected chi connectivity index (χ1v) is 6.23. The van der Waals surface area contributed by atoms with Crippen LogP contribution in [0.1, 0.15) is 18.1 Å². The van der Waals surface area contributed by atoms with Crippen molar-refractivity contribution in [2.75, 3.05) is 6.54 Å². The van der Waals surface area contributed by atoms with E-state index in [1.165, 1.54) is 16.3 Å². The summed E-state index contributed by atoms with van der Waals surface area (Å²) in [7, 11) is 0. The van der Waals surface area contributed by atoms with E-state index in [1.807, 2.05) is 12.1 Å². The molecule has 2 N–H and O–H groups in total. The number of rotatable bonds is 6. The number of hydrogen-bond donors (Lipinski definition) is 2. The fourth-order valence-electron chi connectivity index (χ4n) is 2.09. The van der Waals surface area contributed by atoms with Crippen molar-refractivity contribution < 1.29 is 4.79 Å². The van der Waals surface area contributed by atoms with Gasteiger partial charge in [0.05, 0.1) is 0 Å². The van der Waals surface area contributed by atoms with Gasteiger partial charge in [0.15, 0.2) is 0 Å². The van der Waals surface area contributed by atoms with E-state index >= 15 is 0 Å². The van der Waals surface area contributed by atoms with Gasteiger partial charge in [0.2, 0.25) is 6.41 Å². The van der Waals surface area contributed by atoms with Crippen molar-refractivity contribution in [1.82, 2.24) is 10.6 Å². The quantitative estimate of drug-likeness (QED) is 0.762. The Labute approximate surface area is 107 Å². The third kappa shape index (κ3) is 2.87. The van der Waals surface area contributed by atoms with Gasteiger partial charge < -0.3 is 10.6 Å². The molecule has 0 spiro atoms. The van der Waals surface area contributed by atoms with Crippen molar-refractivity contribution in [3.8, 4) is 0 Å². The van der Waals surface area contributed by atoms with Gasteiger partial charge in [-0.1, -0.05) is 37.3 Å². The Hall–Kier alpha value is -1.87. The highest BCUT2D eigenvalue weighted by atomic mass is 16.1. The second-order valence-corrected chi connectivity index (χ2v) is 4.25. The monoisotopic (exact) mass is 242 g/mol. The van der Waals surface area contributed by atoms with Crippen LogP contribution < -0.4 is 10.6 Å². The van der Waals surface area contributed by atoms with Crippen LogP contribution >= 0.6 is 0 Å². The van der Waals surface area contributed by atoms with Crippen molar-refractivity contribution in [3.63, 3.8) is 0 Å². The summed E-state index contributed by atoms with van der Waals surface area (Å²) in [6, 6.07) is 12.6. The van der Waals surface area contributed by atoms with Crippen LogP contribution in [0.15, 0.2) is 36.4 Å². The molecule has 0 atom stereocenters. The van der Waals surface area contributed by atoms with Crippen molar-refractivity contribution in [1.29, 1.82) is 0 Å².